The van der Waals surface area contributed by atoms with E-state index in [4.69, 9.17) is 16.3 Å². The first-order chi connectivity index (χ1) is 17.4. The van der Waals surface area contributed by atoms with Crippen molar-refractivity contribution >= 4 is 46.3 Å². The molecule has 37 heavy (non-hydrogen) atoms. The van der Waals surface area contributed by atoms with Crippen LogP contribution in [0.4, 0.5) is 28.0 Å². The summed E-state index contributed by atoms with van der Waals surface area (Å²) < 4.78 is 57.9. The van der Waals surface area contributed by atoms with Gasteiger partial charge in [0.05, 0.1) is 21.9 Å². The molecule has 0 spiro atoms. The highest BCUT2D eigenvalue weighted by molar-refractivity contribution is 8.18. The molecule has 2 amide bonds. The number of nitro groups is 1. The fourth-order valence-electron chi connectivity index (χ4n) is 3.33. The summed E-state index contributed by atoms with van der Waals surface area (Å²) in [4.78, 5) is 36.7. The van der Waals surface area contributed by atoms with Gasteiger partial charge in [0.2, 0.25) is 5.75 Å². The molecule has 7 nitrogen and oxygen atoms in total. The Morgan fingerprint density at radius 1 is 1.05 bits per heavy atom. The minimum atomic E-state index is -4.79. The fourth-order valence-corrected chi connectivity index (χ4v) is 4.39. The topological polar surface area (TPSA) is 89.7 Å². The van der Waals surface area contributed by atoms with Crippen LogP contribution in [-0.2, 0) is 17.5 Å². The summed E-state index contributed by atoms with van der Waals surface area (Å²) in [6.07, 6.45) is -3.47. The zero-order chi connectivity index (χ0) is 26.9. The van der Waals surface area contributed by atoms with Crippen LogP contribution in [0.15, 0.2) is 65.6 Å². The van der Waals surface area contributed by atoms with Crippen molar-refractivity contribution in [1.82, 2.24) is 4.90 Å². The Bertz CT molecular complexity index is 1460. The van der Waals surface area contributed by atoms with Gasteiger partial charge in [-0.25, -0.2) is 4.39 Å². The lowest BCUT2D eigenvalue weighted by Gasteiger charge is -2.13. The van der Waals surface area contributed by atoms with Gasteiger partial charge in [0.15, 0.2) is 0 Å². The lowest BCUT2D eigenvalue weighted by atomic mass is 10.1. The van der Waals surface area contributed by atoms with Crippen LogP contribution in [-0.4, -0.2) is 21.0 Å². The van der Waals surface area contributed by atoms with Gasteiger partial charge in [0, 0.05) is 16.7 Å². The second-order valence-corrected chi connectivity index (χ2v) is 8.98. The number of nitro benzene ring substituents is 1. The number of benzene rings is 3. The van der Waals surface area contributed by atoms with Crippen molar-refractivity contribution in [3.63, 3.8) is 0 Å². The van der Waals surface area contributed by atoms with Crippen LogP contribution in [0, 0.1) is 15.9 Å². The summed E-state index contributed by atoms with van der Waals surface area (Å²) in [6.45, 7) is -0.197. The molecule has 3 aromatic carbocycles. The van der Waals surface area contributed by atoms with Crippen LogP contribution < -0.4 is 4.74 Å². The second kappa shape index (κ2) is 10.2. The lowest BCUT2D eigenvalue weighted by Crippen LogP contribution is -2.27. The molecule has 1 aliphatic rings. The molecule has 0 aliphatic carbocycles. The van der Waals surface area contributed by atoms with Gasteiger partial charge in [0.1, 0.15) is 11.6 Å². The number of halogens is 5. The molecule has 1 heterocycles. The van der Waals surface area contributed by atoms with Crippen molar-refractivity contribution in [2.45, 2.75) is 12.7 Å². The van der Waals surface area contributed by atoms with E-state index in [0.29, 0.717) is 29.5 Å². The molecule has 4 rings (SSSR count). The first kappa shape index (κ1) is 26.2. The molecule has 0 N–H and O–H groups in total. The minimum absolute atomic E-state index is 0.00111. The highest BCUT2D eigenvalue weighted by Gasteiger charge is 2.36. The van der Waals surface area contributed by atoms with Crippen molar-refractivity contribution < 1.29 is 36.8 Å². The van der Waals surface area contributed by atoms with Gasteiger partial charge in [-0.05, 0) is 53.7 Å². The predicted molar refractivity (Wildman–Crippen MR) is 128 cm³/mol. The Balaban J connectivity index is 1.62. The predicted octanol–water partition coefficient (Wildman–Crippen LogP) is 7.43. The van der Waals surface area contributed by atoms with Gasteiger partial charge < -0.3 is 4.74 Å². The number of nitrogens with zero attached hydrogens (tertiary/aromatic N) is 2. The molecular weight excluding hydrogens is 540 g/mol. The van der Waals surface area contributed by atoms with E-state index in [2.05, 4.69) is 0 Å². The van der Waals surface area contributed by atoms with Gasteiger partial charge >= 0.3 is 11.9 Å². The Kier molecular flexibility index (Phi) is 7.23. The largest absolute Gasteiger partial charge is 0.449 e. The maximum Gasteiger partial charge on any atom is 0.416 e. The number of hydrogen-bond donors (Lipinski definition) is 0. The third kappa shape index (κ3) is 5.75. The number of alkyl halides is 3. The average Bonchev–Trinajstić information content (AvgIpc) is 3.08. The monoisotopic (exact) mass is 552 g/mol. The molecule has 1 saturated heterocycles. The van der Waals surface area contributed by atoms with E-state index in [0.717, 1.165) is 23.1 Å². The number of rotatable bonds is 6. The minimum Gasteiger partial charge on any atom is -0.449 e. The number of imide groups is 1. The van der Waals surface area contributed by atoms with E-state index in [1.807, 2.05) is 0 Å². The summed E-state index contributed by atoms with van der Waals surface area (Å²) in [7, 11) is 0. The second-order valence-electron chi connectivity index (χ2n) is 7.58. The molecule has 1 aliphatic heterocycles. The molecule has 0 atom stereocenters. The molecule has 0 saturated carbocycles. The molecule has 3 aromatic rings. The van der Waals surface area contributed by atoms with Crippen LogP contribution in [0.1, 0.15) is 16.7 Å². The summed E-state index contributed by atoms with van der Waals surface area (Å²) in [6, 6.07) is 11.4. The summed E-state index contributed by atoms with van der Waals surface area (Å²) in [5.41, 5.74) is -1.53. The highest BCUT2D eigenvalue weighted by Crippen LogP contribution is 2.40. The molecule has 190 valence electrons. The van der Waals surface area contributed by atoms with Gasteiger partial charge in [-0.2, -0.15) is 13.2 Å². The van der Waals surface area contributed by atoms with Gasteiger partial charge in [-0.1, -0.05) is 35.9 Å². The quantitative estimate of drug-likeness (QED) is 0.137. The van der Waals surface area contributed by atoms with Crippen LogP contribution in [0.5, 0.6) is 11.5 Å². The van der Waals surface area contributed by atoms with E-state index in [1.54, 1.807) is 6.07 Å². The molecule has 0 unspecified atom stereocenters. The van der Waals surface area contributed by atoms with Crippen LogP contribution in [0.25, 0.3) is 6.08 Å². The number of hydrogen-bond acceptors (Lipinski definition) is 6. The Morgan fingerprint density at radius 2 is 1.78 bits per heavy atom. The van der Waals surface area contributed by atoms with Crippen molar-refractivity contribution in [3.05, 3.63) is 103 Å². The number of amides is 2. The third-order valence-electron chi connectivity index (χ3n) is 5.13. The van der Waals surface area contributed by atoms with Crippen molar-refractivity contribution in [3.8, 4) is 11.5 Å². The fraction of sp³-hybridized carbons (Fsp3) is 0.0833. The Hall–Kier alpha value is -3.90. The van der Waals surface area contributed by atoms with E-state index in [-0.39, 0.29) is 27.8 Å². The van der Waals surface area contributed by atoms with Crippen molar-refractivity contribution in [2.75, 3.05) is 0 Å². The highest BCUT2D eigenvalue weighted by atomic mass is 35.5. The zero-order valence-corrected chi connectivity index (χ0v) is 19.9. The van der Waals surface area contributed by atoms with Crippen LogP contribution in [0.2, 0.25) is 5.02 Å². The van der Waals surface area contributed by atoms with E-state index < -0.39 is 45.1 Å². The number of carbonyl (C=O) groups is 2. The van der Waals surface area contributed by atoms with Crippen LogP contribution in [0.3, 0.4) is 0 Å². The van der Waals surface area contributed by atoms with Crippen molar-refractivity contribution in [2.24, 2.45) is 0 Å². The summed E-state index contributed by atoms with van der Waals surface area (Å²) >= 11 is 6.62. The normalized spacial score (nSPS) is 14.9. The van der Waals surface area contributed by atoms with E-state index in [1.165, 1.54) is 30.3 Å². The molecule has 0 bridgehead atoms. The average molecular weight is 553 g/mol. The molecule has 0 aromatic heterocycles. The molecule has 0 radical (unpaired) electrons. The number of thioether (sulfide) groups is 1. The molecule has 13 heteroatoms. The standard InChI is InChI=1S/C24H13ClF4N2O5S/c25-17-11-16(26)7-5-14(17)12-30-22(32)21(37-23(30)33)9-13-3-1-2-4-19(13)36-20-8-6-15(24(27,28)29)10-18(20)31(34)35/h1-11H,12H2/b21-9-. The van der Waals surface area contributed by atoms with Crippen LogP contribution >= 0.6 is 23.4 Å². The smallest absolute Gasteiger partial charge is 0.416 e. The van der Waals surface area contributed by atoms with Gasteiger partial charge in [-0.15, -0.1) is 0 Å². The Morgan fingerprint density at radius 3 is 2.46 bits per heavy atom. The van der Waals surface area contributed by atoms with E-state index >= 15 is 0 Å². The number of para-hydroxylation sites is 1. The number of carbonyl (C=O) groups excluding carboxylic acids is 2. The first-order valence-electron chi connectivity index (χ1n) is 10.3. The van der Waals surface area contributed by atoms with Crippen molar-refractivity contribution in [1.29, 1.82) is 0 Å². The third-order valence-corrected chi connectivity index (χ3v) is 6.38. The molecule has 1 fully saturated rings. The maximum atomic E-state index is 13.3. The SMILES string of the molecule is O=C1S/C(=C\c2ccccc2Oc2ccc(C(F)(F)F)cc2[N+](=O)[O-])C(=O)N1Cc1ccc(F)cc1Cl. The number of ether oxygens (including phenoxy) is 1. The van der Waals surface area contributed by atoms with Gasteiger partial charge in [0.25, 0.3) is 11.1 Å². The zero-order valence-electron chi connectivity index (χ0n) is 18.3. The maximum absolute atomic E-state index is 13.3. The lowest BCUT2D eigenvalue weighted by molar-refractivity contribution is -0.385. The Labute approximate surface area is 215 Å². The first-order valence-corrected chi connectivity index (χ1v) is 11.5. The van der Waals surface area contributed by atoms with Gasteiger partial charge in [-0.3, -0.25) is 24.6 Å². The summed E-state index contributed by atoms with van der Waals surface area (Å²) in [5.74, 6) is -1.69. The molecular formula is C24H13ClF4N2O5S. The summed E-state index contributed by atoms with van der Waals surface area (Å²) in [5, 5.41) is 10.8. The van der Waals surface area contributed by atoms with E-state index in [9.17, 15) is 37.3 Å².